The number of halogens is 2. The van der Waals surface area contributed by atoms with Crippen LogP contribution in [0.1, 0.15) is 11.1 Å². The van der Waals surface area contributed by atoms with Gasteiger partial charge in [-0.2, -0.15) is 0 Å². The highest BCUT2D eigenvalue weighted by molar-refractivity contribution is 5.95. The van der Waals surface area contributed by atoms with Crippen LogP contribution < -0.4 is 11.1 Å². The number of nitrogens with two attached hydrogens (primary N) is 1. The summed E-state index contributed by atoms with van der Waals surface area (Å²) in [6, 6.07) is 8.42. The number of nitrogens with zero attached hydrogens (tertiary/aromatic N) is 3. The normalized spacial score (nSPS) is 18.0. The molecule has 2 aliphatic rings. The molecule has 0 bridgehead atoms. The van der Waals surface area contributed by atoms with Crippen LogP contribution in [0.15, 0.2) is 35.3 Å². The summed E-state index contributed by atoms with van der Waals surface area (Å²) in [5, 5.41) is 3.02. The van der Waals surface area contributed by atoms with Crippen LogP contribution in [0.4, 0.5) is 14.5 Å². The van der Waals surface area contributed by atoms with Crippen LogP contribution in [0.2, 0.25) is 0 Å². The Bertz CT molecular complexity index is 888. The van der Waals surface area contributed by atoms with E-state index in [2.05, 4.69) is 27.2 Å². The second-order valence-electron chi connectivity index (χ2n) is 7.20. The highest BCUT2D eigenvalue weighted by atomic mass is 19.2. The first-order valence-electron chi connectivity index (χ1n) is 9.08. The van der Waals surface area contributed by atoms with Crippen molar-refractivity contribution in [1.82, 2.24) is 9.80 Å². The van der Waals surface area contributed by atoms with E-state index in [1.54, 1.807) is 0 Å². The first-order valence-corrected chi connectivity index (χ1v) is 9.08. The van der Waals surface area contributed by atoms with Crippen LogP contribution in [0.3, 0.4) is 0 Å². The topological polar surface area (TPSA) is 56.9 Å². The largest absolute Gasteiger partial charge is 0.370 e. The lowest BCUT2D eigenvalue weighted by Crippen LogP contribution is -2.43. The molecule has 0 amide bonds. The third-order valence-corrected chi connectivity index (χ3v) is 5.23. The van der Waals surface area contributed by atoms with E-state index in [-0.39, 0.29) is 0 Å². The summed E-state index contributed by atoms with van der Waals surface area (Å²) in [4.78, 5) is 8.75. The van der Waals surface area contributed by atoms with E-state index >= 15 is 0 Å². The molecule has 0 saturated carbocycles. The number of hydrogen-bond donors (Lipinski definition) is 2. The van der Waals surface area contributed by atoms with Crippen molar-refractivity contribution in [2.24, 2.45) is 10.7 Å². The zero-order valence-electron chi connectivity index (χ0n) is 15.3. The first-order chi connectivity index (χ1) is 13.0. The summed E-state index contributed by atoms with van der Waals surface area (Å²) >= 11 is 0. The van der Waals surface area contributed by atoms with E-state index in [4.69, 9.17) is 5.73 Å². The highest BCUT2D eigenvalue weighted by Gasteiger charge is 2.19. The Labute approximate surface area is 157 Å². The molecule has 3 N–H and O–H groups in total. The van der Waals surface area contributed by atoms with Gasteiger partial charge in [0.25, 0.3) is 0 Å². The van der Waals surface area contributed by atoms with Gasteiger partial charge < -0.3 is 16.0 Å². The molecule has 0 aliphatic carbocycles. The molecule has 5 nitrogen and oxygen atoms in total. The molecule has 2 aromatic rings. The molecular formula is C20H23F2N5. The fourth-order valence-corrected chi connectivity index (χ4v) is 3.60. The van der Waals surface area contributed by atoms with Crippen molar-refractivity contribution < 1.29 is 8.78 Å². The van der Waals surface area contributed by atoms with Crippen LogP contribution in [-0.4, -0.2) is 49.0 Å². The van der Waals surface area contributed by atoms with Crippen LogP contribution in [0, 0.1) is 11.6 Å². The minimum absolute atomic E-state index is 0.388. The summed E-state index contributed by atoms with van der Waals surface area (Å²) in [6.07, 6.45) is 0. The molecule has 142 valence electrons. The predicted molar refractivity (Wildman–Crippen MR) is 104 cm³/mol. The van der Waals surface area contributed by atoms with Gasteiger partial charge in [-0.1, -0.05) is 6.07 Å². The van der Waals surface area contributed by atoms with Crippen LogP contribution in [-0.2, 0) is 13.1 Å². The summed E-state index contributed by atoms with van der Waals surface area (Å²) in [6.45, 7) is 4.85. The van der Waals surface area contributed by atoms with Gasteiger partial charge in [0.05, 0.1) is 6.54 Å². The number of rotatable bonds is 3. The van der Waals surface area contributed by atoms with Crippen molar-refractivity contribution in [2.45, 2.75) is 13.1 Å². The summed E-state index contributed by atoms with van der Waals surface area (Å²) in [5.41, 5.74) is 9.97. The fraction of sp³-hybridized carbons (Fsp3) is 0.350. The predicted octanol–water partition coefficient (Wildman–Crippen LogP) is 2.62. The second kappa shape index (κ2) is 7.25. The summed E-state index contributed by atoms with van der Waals surface area (Å²) < 4.78 is 28.0. The van der Waals surface area contributed by atoms with E-state index in [1.165, 1.54) is 12.1 Å². The third-order valence-electron chi connectivity index (χ3n) is 5.23. The smallest absolute Gasteiger partial charge is 0.193 e. The average Bonchev–Trinajstić information content (AvgIpc) is 2.66. The van der Waals surface area contributed by atoms with Gasteiger partial charge in [0, 0.05) is 38.4 Å². The molecule has 0 spiro atoms. The lowest BCUT2D eigenvalue weighted by molar-refractivity contribution is 0.148. The Balaban J connectivity index is 1.67. The van der Waals surface area contributed by atoms with E-state index in [0.29, 0.717) is 19.0 Å². The zero-order chi connectivity index (χ0) is 19.0. The van der Waals surface area contributed by atoms with Crippen molar-refractivity contribution in [2.75, 3.05) is 38.5 Å². The second-order valence-corrected chi connectivity index (χ2v) is 7.20. The maximum Gasteiger partial charge on any atom is 0.193 e. The van der Waals surface area contributed by atoms with Gasteiger partial charge in [0.1, 0.15) is 0 Å². The number of piperazine rings is 1. The molecule has 1 saturated heterocycles. The van der Waals surface area contributed by atoms with Crippen LogP contribution in [0.25, 0.3) is 11.1 Å². The van der Waals surface area contributed by atoms with Crippen molar-refractivity contribution in [3.63, 3.8) is 0 Å². The van der Waals surface area contributed by atoms with E-state index < -0.39 is 11.6 Å². The van der Waals surface area contributed by atoms with Gasteiger partial charge in [-0.3, -0.25) is 4.90 Å². The molecule has 2 heterocycles. The van der Waals surface area contributed by atoms with Crippen molar-refractivity contribution in [1.29, 1.82) is 0 Å². The molecular weight excluding hydrogens is 348 g/mol. The van der Waals surface area contributed by atoms with Gasteiger partial charge in [0.15, 0.2) is 17.6 Å². The number of likely N-dealkylation sites (N-methyl/N-ethyl adjacent to an activating group) is 1. The molecule has 27 heavy (non-hydrogen) atoms. The van der Waals surface area contributed by atoms with Gasteiger partial charge in [0.2, 0.25) is 0 Å². The van der Waals surface area contributed by atoms with Crippen molar-refractivity contribution >= 4 is 11.6 Å². The number of nitrogens with one attached hydrogen (secondary N) is 1. The highest BCUT2D eigenvalue weighted by Crippen LogP contribution is 2.31. The molecule has 0 aromatic heterocycles. The van der Waals surface area contributed by atoms with E-state index in [1.807, 2.05) is 18.2 Å². The average molecular weight is 371 g/mol. The number of fused-ring (bicyclic) bond motifs is 1. The number of hydrogen-bond acceptors (Lipinski definition) is 5. The molecule has 4 rings (SSSR count). The molecule has 0 atom stereocenters. The molecule has 0 radical (unpaired) electrons. The number of anilines is 1. The van der Waals surface area contributed by atoms with E-state index in [0.717, 1.165) is 54.1 Å². The standard InChI is InChI=1S/C20H23F2N5/c1-26-4-6-27(7-5-26)12-15-9-17(21)18(22)10-16(15)13-2-3-19-14(8-13)11-24-20(23)25-19/h2-3,8-10H,4-7,11-12H2,1H3,(H3,23,24,25). The zero-order valence-corrected chi connectivity index (χ0v) is 15.3. The summed E-state index contributed by atoms with van der Waals surface area (Å²) in [7, 11) is 2.09. The van der Waals surface area contributed by atoms with Crippen LogP contribution >= 0.6 is 0 Å². The number of guanidine groups is 1. The van der Waals surface area contributed by atoms with Crippen molar-refractivity contribution in [3.05, 3.63) is 53.1 Å². The van der Waals surface area contributed by atoms with Gasteiger partial charge in [-0.15, -0.1) is 0 Å². The molecule has 1 fully saturated rings. The monoisotopic (exact) mass is 371 g/mol. The lowest BCUT2D eigenvalue weighted by atomic mass is 9.96. The Morgan fingerprint density at radius 1 is 1.07 bits per heavy atom. The maximum atomic E-state index is 14.0. The quantitative estimate of drug-likeness (QED) is 0.871. The maximum absolute atomic E-state index is 14.0. The number of benzene rings is 2. The minimum Gasteiger partial charge on any atom is -0.370 e. The molecule has 2 aliphatic heterocycles. The SMILES string of the molecule is CN1CCN(Cc2cc(F)c(F)cc2-c2ccc3c(c2)CN=C(N)N3)CC1. The molecule has 0 unspecified atom stereocenters. The van der Waals surface area contributed by atoms with Crippen LogP contribution in [0.5, 0.6) is 0 Å². The number of aliphatic imine (C=N–C) groups is 1. The van der Waals surface area contributed by atoms with Gasteiger partial charge >= 0.3 is 0 Å². The summed E-state index contributed by atoms with van der Waals surface area (Å²) in [5.74, 6) is -1.25. The Morgan fingerprint density at radius 3 is 2.59 bits per heavy atom. The molecule has 2 aromatic carbocycles. The minimum atomic E-state index is -0.828. The van der Waals surface area contributed by atoms with E-state index in [9.17, 15) is 8.78 Å². The third kappa shape index (κ3) is 3.79. The fourth-order valence-electron chi connectivity index (χ4n) is 3.60. The van der Waals surface area contributed by atoms with Crippen molar-refractivity contribution in [3.8, 4) is 11.1 Å². The Kier molecular flexibility index (Phi) is 4.80. The Hall–Kier alpha value is -2.51. The van der Waals surface area contributed by atoms with Gasteiger partial charge in [-0.25, -0.2) is 13.8 Å². The Morgan fingerprint density at radius 2 is 1.81 bits per heavy atom. The van der Waals surface area contributed by atoms with Gasteiger partial charge in [-0.05, 0) is 53.6 Å². The lowest BCUT2D eigenvalue weighted by Gasteiger charge is -2.32. The first kappa shape index (κ1) is 17.9. The molecule has 7 heteroatoms.